The van der Waals surface area contributed by atoms with Gasteiger partial charge in [-0.1, -0.05) is 38.0 Å². The van der Waals surface area contributed by atoms with Crippen LogP contribution in [0.25, 0.3) is 0 Å². The number of methoxy groups -OCH3 is 2. The molecule has 0 spiro atoms. The summed E-state index contributed by atoms with van der Waals surface area (Å²) in [5.41, 5.74) is 1.89. The van der Waals surface area contributed by atoms with Gasteiger partial charge in [0.1, 0.15) is 24.1 Å². The van der Waals surface area contributed by atoms with Gasteiger partial charge in [0.25, 0.3) is 0 Å². The van der Waals surface area contributed by atoms with Crippen molar-refractivity contribution in [2.75, 3.05) is 31.3 Å². The zero-order valence-electron chi connectivity index (χ0n) is 22.9. The Hall–Kier alpha value is -3.27. The lowest BCUT2D eigenvalue weighted by molar-refractivity contribution is -0.140. The van der Waals surface area contributed by atoms with E-state index in [1.165, 1.54) is 12.0 Å². The van der Waals surface area contributed by atoms with Crippen molar-refractivity contribution >= 4 is 27.5 Å². The smallest absolute Gasteiger partial charge is 0.244 e. The van der Waals surface area contributed by atoms with Crippen LogP contribution < -0.4 is 19.1 Å². The summed E-state index contributed by atoms with van der Waals surface area (Å²) in [4.78, 5) is 28.8. The highest BCUT2D eigenvalue weighted by Gasteiger charge is 2.33. The molecule has 1 fully saturated rings. The average molecular weight is 546 g/mol. The summed E-state index contributed by atoms with van der Waals surface area (Å²) in [7, 11) is -0.835. The highest BCUT2D eigenvalue weighted by molar-refractivity contribution is 7.92. The van der Waals surface area contributed by atoms with Crippen molar-refractivity contribution < 1.29 is 27.5 Å². The molecule has 0 aliphatic heterocycles. The van der Waals surface area contributed by atoms with E-state index in [2.05, 4.69) is 5.32 Å². The largest absolute Gasteiger partial charge is 0.497 e. The van der Waals surface area contributed by atoms with Crippen LogP contribution in [0.1, 0.15) is 50.2 Å². The highest BCUT2D eigenvalue weighted by atomic mass is 32.2. The summed E-state index contributed by atoms with van der Waals surface area (Å²) < 4.78 is 37.5. The number of hydrogen-bond acceptors (Lipinski definition) is 6. The molecule has 0 bridgehead atoms. The van der Waals surface area contributed by atoms with Crippen LogP contribution in [0.5, 0.6) is 11.5 Å². The van der Waals surface area contributed by atoms with E-state index in [9.17, 15) is 18.0 Å². The SMILES string of the molecule is CC[C@H](C(=O)NC1CCCC1)N(Cc1ccc(OC)cc1)C(=O)CN(c1cc(C)ccc1OC)S(C)(=O)=O. The topological polar surface area (TPSA) is 105 Å². The van der Waals surface area contributed by atoms with E-state index in [-0.39, 0.29) is 24.2 Å². The minimum atomic E-state index is -3.86. The molecule has 0 heterocycles. The molecule has 2 amide bonds. The summed E-state index contributed by atoms with van der Waals surface area (Å²) in [6.07, 6.45) is 5.41. The Morgan fingerprint density at radius 1 is 1.05 bits per heavy atom. The molecule has 2 aromatic rings. The summed E-state index contributed by atoms with van der Waals surface area (Å²) in [6.45, 7) is 3.36. The molecular weight excluding hydrogens is 506 g/mol. The number of sulfonamides is 1. The molecule has 1 aliphatic carbocycles. The van der Waals surface area contributed by atoms with Crippen LogP contribution in [0, 0.1) is 6.92 Å². The van der Waals surface area contributed by atoms with Gasteiger partial charge in [-0.25, -0.2) is 8.42 Å². The highest BCUT2D eigenvalue weighted by Crippen LogP contribution is 2.31. The molecule has 1 saturated carbocycles. The van der Waals surface area contributed by atoms with E-state index in [0.29, 0.717) is 17.9 Å². The van der Waals surface area contributed by atoms with Crippen LogP contribution in [0.3, 0.4) is 0 Å². The molecule has 10 heteroatoms. The number of nitrogens with zero attached hydrogens (tertiary/aromatic N) is 2. The number of benzene rings is 2. The van der Waals surface area contributed by atoms with Crippen LogP contribution in [-0.2, 0) is 26.2 Å². The first-order chi connectivity index (χ1) is 18.1. The molecule has 1 aliphatic rings. The van der Waals surface area contributed by atoms with Crippen molar-refractivity contribution in [3.8, 4) is 11.5 Å². The predicted molar refractivity (Wildman–Crippen MR) is 148 cm³/mol. The van der Waals surface area contributed by atoms with Crippen molar-refractivity contribution in [3.05, 3.63) is 53.6 Å². The Labute approximate surface area is 226 Å². The number of hydrogen-bond donors (Lipinski definition) is 1. The summed E-state index contributed by atoms with van der Waals surface area (Å²) in [6, 6.07) is 11.7. The lowest BCUT2D eigenvalue weighted by Crippen LogP contribution is -2.53. The summed E-state index contributed by atoms with van der Waals surface area (Å²) in [5.74, 6) is 0.303. The van der Waals surface area contributed by atoms with Gasteiger partial charge in [0.05, 0.1) is 26.2 Å². The standard InChI is InChI=1S/C28H39N3O6S/c1-6-24(28(33)29-22-9-7-8-10-22)30(18-21-12-14-23(36-3)15-13-21)27(32)19-31(38(5,34)35)25-17-20(2)11-16-26(25)37-4/h11-17,22,24H,6-10,18-19H2,1-5H3,(H,29,33)/t24-/m1/s1. The number of rotatable bonds is 12. The zero-order chi connectivity index (χ0) is 27.9. The van der Waals surface area contributed by atoms with Gasteiger partial charge in [0.2, 0.25) is 21.8 Å². The second kappa shape index (κ2) is 13.0. The molecule has 38 heavy (non-hydrogen) atoms. The van der Waals surface area contributed by atoms with Crippen LogP contribution in [-0.4, -0.2) is 64.2 Å². The number of carbonyl (C=O) groups is 2. The Morgan fingerprint density at radius 2 is 1.71 bits per heavy atom. The van der Waals surface area contributed by atoms with Gasteiger partial charge in [-0.3, -0.25) is 13.9 Å². The lowest BCUT2D eigenvalue weighted by atomic mass is 10.1. The number of carbonyl (C=O) groups excluding carboxylic acids is 2. The lowest BCUT2D eigenvalue weighted by Gasteiger charge is -2.33. The quantitative estimate of drug-likeness (QED) is 0.437. The normalized spacial score (nSPS) is 14.6. The first-order valence-electron chi connectivity index (χ1n) is 12.9. The number of aryl methyl sites for hydroxylation is 1. The van der Waals surface area contributed by atoms with E-state index < -0.39 is 28.5 Å². The first-order valence-corrected chi connectivity index (χ1v) is 14.8. The fourth-order valence-electron chi connectivity index (χ4n) is 4.80. The Morgan fingerprint density at radius 3 is 2.26 bits per heavy atom. The van der Waals surface area contributed by atoms with Crippen molar-refractivity contribution in [1.29, 1.82) is 0 Å². The fourth-order valence-corrected chi connectivity index (χ4v) is 5.65. The predicted octanol–water partition coefficient (Wildman–Crippen LogP) is 3.64. The Kier molecular flexibility index (Phi) is 10.0. The average Bonchev–Trinajstić information content (AvgIpc) is 3.39. The summed E-state index contributed by atoms with van der Waals surface area (Å²) in [5, 5.41) is 3.11. The molecular formula is C28H39N3O6S. The molecule has 2 aromatic carbocycles. The minimum absolute atomic E-state index is 0.0959. The second-order valence-electron chi connectivity index (χ2n) is 9.73. The van der Waals surface area contributed by atoms with Crippen molar-refractivity contribution in [3.63, 3.8) is 0 Å². The maximum atomic E-state index is 13.9. The fraction of sp³-hybridized carbons (Fsp3) is 0.500. The van der Waals surface area contributed by atoms with Gasteiger partial charge in [0, 0.05) is 12.6 Å². The van der Waals surface area contributed by atoms with Crippen LogP contribution in [0.15, 0.2) is 42.5 Å². The minimum Gasteiger partial charge on any atom is -0.497 e. The molecule has 9 nitrogen and oxygen atoms in total. The van der Waals surface area contributed by atoms with E-state index in [1.54, 1.807) is 37.4 Å². The van der Waals surface area contributed by atoms with Crippen LogP contribution in [0.2, 0.25) is 0 Å². The third-order valence-electron chi connectivity index (χ3n) is 6.88. The van der Waals surface area contributed by atoms with Gasteiger partial charge in [-0.05, 0) is 61.6 Å². The van der Waals surface area contributed by atoms with E-state index in [4.69, 9.17) is 9.47 Å². The molecule has 0 aromatic heterocycles. The molecule has 1 atom stereocenters. The van der Waals surface area contributed by atoms with Crippen molar-refractivity contribution in [2.45, 2.75) is 64.6 Å². The van der Waals surface area contributed by atoms with E-state index >= 15 is 0 Å². The second-order valence-corrected chi connectivity index (χ2v) is 11.6. The molecule has 0 unspecified atom stereocenters. The number of anilines is 1. The monoisotopic (exact) mass is 545 g/mol. The van der Waals surface area contributed by atoms with E-state index in [1.807, 2.05) is 26.0 Å². The van der Waals surface area contributed by atoms with Crippen molar-refractivity contribution in [2.24, 2.45) is 0 Å². The van der Waals surface area contributed by atoms with Gasteiger partial charge >= 0.3 is 0 Å². The van der Waals surface area contributed by atoms with Crippen LogP contribution in [0.4, 0.5) is 5.69 Å². The van der Waals surface area contributed by atoms with Crippen molar-refractivity contribution in [1.82, 2.24) is 10.2 Å². The molecule has 3 rings (SSSR count). The molecule has 1 N–H and O–H groups in total. The maximum absolute atomic E-state index is 13.9. The maximum Gasteiger partial charge on any atom is 0.244 e. The molecule has 0 saturated heterocycles. The first kappa shape index (κ1) is 29.3. The molecule has 208 valence electrons. The number of ether oxygens (including phenoxy) is 2. The van der Waals surface area contributed by atoms with Gasteiger partial charge in [-0.2, -0.15) is 0 Å². The third-order valence-corrected chi connectivity index (χ3v) is 8.01. The Bertz CT molecular complexity index is 1210. The van der Waals surface area contributed by atoms with Gasteiger partial charge in [0.15, 0.2) is 0 Å². The van der Waals surface area contributed by atoms with Crippen LogP contribution >= 0.6 is 0 Å². The molecule has 0 radical (unpaired) electrons. The van der Waals surface area contributed by atoms with Gasteiger partial charge < -0.3 is 19.7 Å². The third kappa shape index (κ3) is 7.40. The van der Waals surface area contributed by atoms with Gasteiger partial charge in [-0.15, -0.1) is 0 Å². The number of amides is 2. The number of nitrogens with one attached hydrogen (secondary N) is 1. The summed E-state index contributed by atoms with van der Waals surface area (Å²) >= 11 is 0. The zero-order valence-corrected chi connectivity index (χ0v) is 23.7. The Balaban J connectivity index is 1.96. The van der Waals surface area contributed by atoms with E-state index in [0.717, 1.165) is 47.4 Å².